The van der Waals surface area contributed by atoms with Crippen LogP contribution >= 0.6 is 23.2 Å². The molecule has 3 aromatic rings. The summed E-state index contributed by atoms with van der Waals surface area (Å²) in [6.07, 6.45) is 3.88. The third-order valence-electron chi connectivity index (χ3n) is 5.56. The largest absolute Gasteiger partial charge is 0.484 e. The van der Waals surface area contributed by atoms with E-state index in [4.69, 9.17) is 32.7 Å². The molecule has 2 heterocycles. The maximum Gasteiger partial charge on any atom is 0.140 e. The van der Waals surface area contributed by atoms with Crippen molar-refractivity contribution in [2.75, 3.05) is 26.3 Å². The summed E-state index contributed by atoms with van der Waals surface area (Å²) >= 11 is 12.8. The monoisotopic (exact) mass is 430 g/mol. The van der Waals surface area contributed by atoms with Crippen LogP contribution < -0.4 is 4.74 Å². The molecule has 0 spiro atoms. The van der Waals surface area contributed by atoms with Gasteiger partial charge in [-0.25, -0.2) is 9.67 Å². The second-order valence-corrected chi connectivity index (χ2v) is 8.09. The average molecular weight is 431 g/mol. The summed E-state index contributed by atoms with van der Waals surface area (Å²) < 4.78 is 13.8. The number of benzene rings is 2. The van der Waals surface area contributed by atoms with E-state index >= 15 is 0 Å². The first-order chi connectivity index (χ1) is 14.2. The second kappa shape index (κ2) is 7.95. The highest BCUT2D eigenvalue weighted by atomic mass is 35.5. The molecule has 2 aliphatic rings. The van der Waals surface area contributed by atoms with E-state index in [0.29, 0.717) is 10.0 Å². The van der Waals surface area contributed by atoms with Gasteiger partial charge in [0.15, 0.2) is 0 Å². The van der Waals surface area contributed by atoms with E-state index in [1.165, 1.54) is 6.33 Å². The van der Waals surface area contributed by atoms with Gasteiger partial charge in [0.1, 0.15) is 24.5 Å². The zero-order chi connectivity index (χ0) is 19.8. The van der Waals surface area contributed by atoms with Gasteiger partial charge in [-0.2, -0.15) is 5.10 Å². The Morgan fingerprint density at radius 3 is 2.59 bits per heavy atom. The normalized spacial score (nSPS) is 21.9. The van der Waals surface area contributed by atoms with E-state index in [1.807, 2.05) is 36.4 Å². The van der Waals surface area contributed by atoms with Gasteiger partial charge in [-0.3, -0.25) is 4.90 Å². The smallest absolute Gasteiger partial charge is 0.140 e. The van der Waals surface area contributed by atoms with Gasteiger partial charge in [-0.1, -0.05) is 23.2 Å². The number of morpholine rings is 1. The highest BCUT2D eigenvalue weighted by Gasteiger charge is 2.40. The molecule has 0 N–H and O–H groups in total. The van der Waals surface area contributed by atoms with Gasteiger partial charge in [-0.15, -0.1) is 0 Å². The van der Waals surface area contributed by atoms with Gasteiger partial charge in [0, 0.05) is 28.7 Å². The van der Waals surface area contributed by atoms with E-state index in [1.54, 1.807) is 11.0 Å². The zero-order valence-electron chi connectivity index (χ0n) is 15.7. The Balaban J connectivity index is 1.45. The SMILES string of the molecule is Clc1cc(Cl)c2c(c1)C(Oc1ccc(-n3cncn3)cc1)C(N1CCOCC1)C2. The van der Waals surface area contributed by atoms with E-state index in [0.717, 1.165) is 55.3 Å². The fourth-order valence-corrected chi connectivity index (χ4v) is 4.74. The average Bonchev–Trinajstić information content (AvgIpc) is 3.39. The third kappa shape index (κ3) is 3.73. The number of hydrogen-bond acceptors (Lipinski definition) is 5. The van der Waals surface area contributed by atoms with Crippen LogP contribution in [0.1, 0.15) is 17.2 Å². The quantitative estimate of drug-likeness (QED) is 0.626. The molecule has 29 heavy (non-hydrogen) atoms. The molecule has 0 bridgehead atoms. The van der Waals surface area contributed by atoms with E-state index in [2.05, 4.69) is 15.0 Å². The Morgan fingerprint density at radius 1 is 1.07 bits per heavy atom. The molecule has 0 radical (unpaired) electrons. The van der Waals surface area contributed by atoms with Crippen molar-refractivity contribution >= 4 is 23.2 Å². The molecule has 8 heteroatoms. The lowest BCUT2D eigenvalue weighted by Crippen LogP contribution is -2.46. The van der Waals surface area contributed by atoms with Crippen LogP contribution in [0.15, 0.2) is 49.1 Å². The molecule has 2 aromatic carbocycles. The molecule has 1 aliphatic heterocycles. The number of fused-ring (bicyclic) bond motifs is 1. The summed E-state index contributed by atoms with van der Waals surface area (Å²) in [6, 6.07) is 11.8. The summed E-state index contributed by atoms with van der Waals surface area (Å²) in [4.78, 5) is 6.42. The molecular formula is C21H20Cl2N4O2. The highest BCUT2D eigenvalue weighted by Crippen LogP contribution is 2.42. The first-order valence-electron chi connectivity index (χ1n) is 9.60. The van der Waals surface area contributed by atoms with Crippen LogP contribution in [-0.2, 0) is 11.2 Å². The number of nitrogens with zero attached hydrogens (tertiary/aromatic N) is 4. The molecule has 1 saturated heterocycles. The summed E-state index contributed by atoms with van der Waals surface area (Å²) in [5.41, 5.74) is 3.12. The van der Waals surface area contributed by atoms with Crippen molar-refractivity contribution in [1.82, 2.24) is 19.7 Å². The molecular weight excluding hydrogens is 411 g/mol. The lowest BCUT2D eigenvalue weighted by Gasteiger charge is -2.35. The van der Waals surface area contributed by atoms with Crippen molar-refractivity contribution in [2.45, 2.75) is 18.6 Å². The predicted molar refractivity (Wildman–Crippen MR) is 111 cm³/mol. The molecule has 6 nitrogen and oxygen atoms in total. The molecule has 1 aliphatic carbocycles. The van der Waals surface area contributed by atoms with E-state index in [9.17, 15) is 0 Å². The molecule has 0 amide bonds. The van der Waals surface area contributed by atoms with Crippen LogP contribution in [-0.4, -0.2) is 52.0 Å². The van der Waals surface area contributed by atoms with Gasteiger partial charge in [0.2, 0.25) is 0 Å². The minimum atomic E-state index is -0.142. The third-order valence-corrected chi connectivity index (χ3v) is 6.12. The molecule has 1 aromatic heterocycles. The van der Waals surface area contributed by atoms with Crippen molar-refractivity contribution in [2.24, 2.45) is 0 Å². The topological polar surface area (TPSA) is 52.4 Å². The highest BCUT2D eigenvalue weighted by molar-refractivity contribution is 6.35. The van der Waals surface area contributed by atoms with Crippen molar-refractivity contribution in [3.05, 3.63) is 70.2 Å². The fourth-order valence-electron chi connectivity index (χ4n) is 4.15. The number of ether oxygens (including phenoxy) is 2. The van der Waals surface area contributed by atoms with Crippen LogP contribution in [0.4, 0.5) is 0 Å². The maximum absolute atomic E-state index is 6.53. The number of rotatable bonds is 4. The van der Waals surface area contributed by atoms with E-state index in [-0.39, 0.29) is 12.1 Å². The first kappa shape index (κ1) is 18.9. The van der Waals surface area contributed by atoms with Gasteiger partial charge in [0.25, 0.3) is 0 Å². The molecule has 2 unspecified atom stereocenters. The summed E-state index contributed by atoms with van der Waals surface area (Å²) in [5.74, 6) is 0.793. The summed E-state index contributed by atoms with van der Waals surface area (Å²) in [7, 11) is 0. The van der Waals surface area contributed by atoms with Crippen LogP contribution in [0.25, 0.3) is 5.69 Å². The molecule has 2 atom stereocenters. The van der Waals surface area contributed by atoms with Crippen molar-refractivity contribution in [3.63, 3.8) is 0 Å². The van der Waals surface area contributed by atoms with Crippen LogP contribution in [0.3, 0.4) is 0 Å². The van der Waals surface area contributed by atoms with Gasteiger partial charge in [0.05, 0.1) is 24.9 Å². The molecule has 150 valence electrons. The lowest BCUT2D eigenvalue weighted by molar-refractivity contribution is -0.0102. The van der Waals surface area contributed by atoms with Crippen LogP contribution in [0.5, 0.6) is 5.75 Å². The van der Waals surface area contributed by atoms with E-state index < -0.39 is 0 Å². The van der Waals surface area contributed by atoms with Crippen molar-refractivity contribution in [3.8, 4) is 11.4 Å². The van der Waals surface area contributed by atoms with Crippen LogP contribution in [0.2, 0.25) is 10.0 Å². The number of aromatic nitrogens is 3. The van der Waals surface area contributed by atoms with Crippen molar-refractivity contribution in [1.29, 1.82) is 0 Å². The molecule has 1 fully saturated rings. The Morgan fingerprint density at radius 2 is 1.86 bits per heavy atom. The maximum atomic E-state index is 6.53. The molecule has 0 saturated carbocycles. The minimum absolute atomic E-state index is 0.142. The van der Waals surface area contributed by atoms with Crippen molar-refractivity contribution < 1.29 is 9.47 Å². The standard InChI is InChI=1S/C21H20Cl2N4O2/c22-14-9-18-17(19(23)10-14)11-20(26-5-7-28-8-6-26)21(18)29-16-3-1-15(2-4-16)27-13-24-12-25-27/h1-4,9-10,12-13,20-21H,5-8,11H2. The van der Waals surface area contributed by atoms with Gasteiger partial charge >= 0.3 is 0 Å². The first-order valence-corrected chi connectivity index (χ1v) is 10.4. The predicted octanol–water partition coefficient (Wildman–Crippen LogP) is 3.95. The number of hydrogen-bond donors (Lipinski definition) is 0. The summed E-state index contributed by atoms with van der Waals surface area (Å²) in [6.45, 7) is 3.24. The van der Waals surface area contributed by atoms with Gasteiger partial charge < -0.3 is 9.47 Å². The number of halogens is 2. The minimum Gasteiger partial charge on any atom is -0.484 e. The van der Waals surface area contributed by atoms with Gasteiger partial charge in [-0.05, 0) is 48.4 Å². The Hall–Kier alpha value is -2.12. The summed E-state index contributed by atoms with van der Waals surface area (Å²) in [5, 5.41) is 5.50. The zero-order valence-corrected chi connectivity index (χ0v) is 17.2. The lowest BCUT2D eigenvalue weighted by atomic mass is 10.1. The van der Waals surface area contributed by atoms with Crippen LogP contribution in [0, 0.1) is 0 Å². The Bertz CT molecular complexity index is 989. The Labute approximate surface area is 179 Å². The second-order valence-electron chi connectivity index (χ2n) is 7.25. The molecule has 5 rings (SSSR count). The Kier molecular flexibility index (Phi) is 5.18. The fraction of sp³-hybridized carbons (Fsp3) is 0.333.